The molecule has 0 fully saturated rings. The second kappa shape index (κ2) is 7.22. The minimum absolute atomic E-state index is 0.687. The van der Waals surface area contributed by atoms with Crippen LogP contribution in [0.2, 0.25) is 0 Å². The Labute approximate surface area is 158 Å². The minimum atomic E-state index is 0.687. The van der Waals surface area contributed by atoms with Crippen LogP contribution < -0.4 is 10.6 Å². The number of hydrogen-bond acceptors (Lipinski definition) is 1. The molecule has 4 aromatic rings. The summed E-state index contributed by atoms with van der Waals surface area (Å²) in [6.07, 6.45) is 2.12. The number of H-pyrrole nitrogens is 1. The molecule has 0 aliphatic rings. The first-order chi connectivity index (χ1) is 12.7. The Hall–Kier alpha value is -2.79. The summed E-state index contributed by atoms with van der Waals surface area (Å²) >= 11 is 5.41. The van der Waals surface area contributed by atoms with Crippen molar-refractivity contribution in [3.8, 4) is 0 Å². The normalized spacial score (nSPS) is 11.1. The third-order valence-corrected chi connectivity index (χ3v) is 4.88. The predicted octanol–water partition coefficient (Wildman–Crippen LogP) is 4.10. The molecular formula is C21H22N4S. The van der Waals surface area contributed by atoms with Gasteiger partial charge in [-0.1, -0.05) is 24.3 Å². The fraction of sp³-hybridized carbons (Fsp3) is 0.190. The maximum atomic E-state index is 5.41. The summed E-state index contributed by atoms with van der Waals surface area (Å²) in [4.78, 5) is 3.34. The standard InChI is InChI=1S/C21H22N4S/c1-15-12-18-13-16(6-7-19(18)24-15)14-23-21(26)22-9-11-25-10-8-17-4-2-3-5-20(17)25/h2-8,10,12-13,24H,9,11,14H2,1H3,(H2,22,23,26). The molecule has 2 aromatic carbocycles. The van der Waals surface area contributed by atoms with Crippen molar-refractivity contribution in [1.29, 1.82) is 0 Å². The fourth-order valence-electron chi connectivity index (χ4n) is 3.31. The number of thiocarbonyl (C=S) groups is 1. The molecule has 0 atom stereocenters. The molecular weight excluding hydrogens is 340 g/mol. The van der Waals surface area contributed by atoms with E-state index >= 15 is 0 Å². The van der Waals surface area contributed by atoms with Crippen molar-refractivity contribution in [2.75, 3.05) is 6.54 Å². The summed E-state index contributed by atoms with van der Waals surface area (Å²) in [6, 6.07) is 19.2. The molecule has 3 N–H and O–H groups in total. The second-order valence-electron chi connectivity index (χ2n) is 6.55. The molecule has 2 aromatic heterocycles. The number of nitrogens with one attached hydrogen (secondary N) is 3. The summed E-state index contributed by atoms with van der Waals surface area (Å²) in [6.45, 7) is 4.47. The first-order valence-electron chi connectivity index (χ1n) is 8.83. The molecule has 0 saturated carbocycles. The van der Waals surface area contributed by atoms with Crippen LogP contribution in [0.15, 0.2) is 60.8 Å². The lowest BCUT2D eigenvalue weighted by Gasteiger charge is -2.12. The molecule has 4 nitrogen and oxygen atoms in total. The van der Waals surface area contributed by atoms with Gasteiger partial charge in [-0.2, -0.15) is 0 Å². The largest absolute Gasteiger partial charge is 0.361 e. The summed E-state index contributed by atoms with van der Waals surface area (Å²) in [7, 11) is 0. The molecule has 0 saturated heterocycles. The van der Waals surface area contributed by atoms with Gasteiger partial charge in [0.1, 0.15) is 0 Å². The number of nitrogens with zero attached hydrogens (tertiary/aromatic N) is 1. The summed E-state index contributed by atoms with van der Waals surface area (Å²) < 4.78 is 2.24. The molecule has 0 spiro atoms. The predicted molar refractivity (Wildman–Crippen MR) is 112 cm³/mol. The first-order valence-corrected chi connectivity index (χ1v) is 9.24. The summed E-state index contributed by atoms with van der Waals surface area (Å²) in [5.41, 5.74) is 4.83. The fourth-order valence-corrected chi connectivity index (χ4v) is 3.48. The third-order valence-electron chi connectivity index (χ3n) is 4.59. The van der Waals surface area contributed by atoms with Crippen molar-refractivity contribution in [3.05, 3.63) is 72.1 Å². The number of benzene rings is 2. The zero-order valence-corrected chi connectivity index (χ0v) is 15.6. The van der Waals surface area contributed by atoms with Crippen LogP contribution in [0, 0.1) is 6.92 Å². The van der Waals surface area contributed by atoms with E-state index in [1.807, 2.05) is 0 Å². The van der Waals surface area contributed by atoms with Crippen LogP contribution in [0.5, 0.6) is 0 Å². The number of fused-ring (bicyclic) bond motifs is 2. The number of aromatic nitrogens is 2. The highest BCUT2D eigenvalue weighted by molar-refractivity contribution is 7.80. The highest BCUT2D eigenvalue weighted by Crippen LogP contribution is 2.17. The number of aryl methyl sites for hydroxylation is 1. The average Bonchev–Trinajstić information content (AvgIpc) is 3.22. The maximum absolute atomic E-state index is 5.41. The highest BCUT2D eigenvalue weighted by atomic mass is 32.1. The van der Waals surface area contributed by atoms with Gasteiger partial charge < -0.3 is 20.2 Å². The lowest BCUT2D eigenvalue weighted by Crippen LogP contribution is -2.36. The quantitative estimate of drug-likeness (QED) is 0.469. The molecule has 0 bridgehead atoms. The Morgan fingerprint density at radius 2 is 1.92 bits per heavy atom. The Morgan fingerprint density at radius 1 is 1.04 bits per heavy atom. The van der Waals surface area contributed by atoms with Crippen LogP contribution in [0.4, 0.5) is 0 Å². The van der Waals surface area contributed by atoms with Crippen molar-refractivity contribution < 1.29 is 0 Å². The molecule has 0 aliphatic heterocycles. The molecule has 132 valence electrons. The Morgan fingerprint density at radius 3 is 2.85 bits per heavy atom. The van der Waals surface area contributed by atoms with E-state index in [2.05, 4.69) is 87.9 Å². The monoisotopic (exact) mass is 362 g/mol. The smallest absolute Gasteiger partial charge is 0.166 e. The van der Waals surface area contributed by atoms with E-state index in [0.29, 0.717) is 5.11 Å². The van der Waals surface area contributed by atoms with Crippen molar-refractivity contribution in [1.82, 2.24) is 20.2 Å². The summed E-state index contributed by atoms with van der Waals surface area (Å²) in [5, 5.41) is 9.77. The maximum Gasteiger partial charge on any atom is 0.166 e. The molecule has 2 heterocycles. The van der Waals surface area contributed by atoms with E-state index in [0.717, 1.165) is 19.6 Å². The van der Waals surface area contributed by atoms with Gasteiger partial charge in [0.05, 0.1) is 0 Å². The minimum Gasteiger partial charge on any atom is -0.361 e. The van der Waals surface area contributed by atoms with Crippen molar-refractivity contribution in [2.24, 2.45) is 0 Å². The highest BCUT2D eigenvalue weighted by Gasteiger charge is 2.02. The molecule has 0 aliphatic carbocycles. The zero-order chi connectivity index (χ0) is 17.9. The van der Waals surface area contributed by atoms with E-state index in [-0.39, 0.29) is 0 Å². The Bertz CT molecular complexity index is 1060. The van der Waals surface area contributed by atoms with E-state index in [4.69, 9.17) is 12.2 Å². The molecule has 0 amide bonds. The van der Waals surface area contributed by atoms with Gasteiger partial charge in [0.15, 0.2) is 5.11 Å². The number of rotatable bonds is 5. The van der Waals surface area contributed by atoms with E-state index in [1.165, 1.54) is 33.1 Å². The van der Waals surface area contributed by atoms with Crippen LogP contribution in [0.1, 0.15) is 11.3 Å². The molecule has 0 unspecified atom stereocenters. The van der Waals surface area contributed by atoms with Gasteiger partial charge in [0, 0.05) is 42.6 Å². The van der Waals surface area contributed by atoms with Gasteiger partial charge >= 0.3 is 0 Å². The summed E-state index contributed by atoms with van der Waals surface area (Å²) in [5.74, 6) is 0. The molecule has 4 rings (SSSR count). The number of aromatic amines is 1. The van der Waals surface area contributed by atoms with Gasteiger partial charge in [0.25, 0.3) is 0 Å². The lowest BCUT2D eigenvalue weighted by atomic mass is 10.1. The van der Waals surface area contributed by atoms with Crippen molar-refractivity contribution in [3.63, 3.8) is 0 Å². The molecule has 0 radical (unpaired) electrons. The molecule has 26 heavy (non-hydrogen) atoms. The van der Waals surface area contributed by atoms with E-state index in [9.17, 15) is 0 Å². The zero-order valence-electron chi connectivity index (χ0n) is 14.8. The molecule has 5 heteroatoms. The van der Waals surface area contributed by atoms with Crippen LogP contribution in [0.25, 0.3) is 21.8 Å². The van der Waals surface area contributed by atoms with Crippen LogP contribution in [0.3, 0.4) is 0 Å². The third kappa shape index (κ3) is 3.58. The van der Waals surface area contributed by atoms with Crippen molar-refractivity contribution >= 4 is 39.1 Å². The van der Waals surface area contributed by atoms with E-state index in [1.54, 1.807) is 0 Å². The SMILES string of the molecule is Cc1cc2cc(CNC(=S)NCCn3ccc4ccccc43)ccc2[nH]1. The van der Waals surface area contributed by atoms with Gasteiger partial charge in [-0.25, -0.2) is 0 Å². The topological polar surface area (TPSA) is 44.8 Å². The number of para-hydroxylation sites is 1. The second-order valence-corrected chi connectivity index (χ2v) is 6.96. The van der Waals surface area contributed by atoms with Gasteiger partial charge in [-0.15, -0.1) is 0 Å². The van der Waals surface area contributed by atoms with Gasteiger partial charge in [0.2, 0.25) is 0 Å². The Balaban J connectivity index is 1.28. The number of hydrogen-bond donors (Lipinski definition) is 3. The van der Waals surface area contributed by atoms with Crippen LogP contribution >= 0.6 is 12.2 Å². The van der Waals surface area contributed by atoms with Gasteiger partial charge in [-0.3, -0.25) is 0 Å². The van der Waals surface area contributed by atoms with E-state index < -0.39 is 0 Å². The Kier molecular flexibility index (Phi) is 4.63. The van der Waals surface area contributed by atoms with Crippen LogP contribution in [-0.4, -0.2) is 21.2 Å². The van der Waals surface area contributed by atoms with Gasteiger partial charge in [-0.05, 0) is 65.8 Å². The van der Waals surface area contributed by atoms with Crippen molar-refractivity contribution in [2.45, 2.75) is 20.0 Å². The first kappa shape index (κ1) is 16.7. The van der Waals surface area contributed by atoms with Crippen LogP contribution in [-0.2, 0) is 13.1 Å². The lowest BCUT2D eigenvalue weighted by molar-refractivity contribution is 0.687. The average molecular weight is 363 g/mol.